The molecule has 9 nitrogen and oxygen atoms in total. The van der Waals surface area contributed by atoms with Crippen molar-refractivity contribution in [2.75, 3.05) is 13.2 Å². The highest BCUT2D eigenvalue weighted by Gasteiger charge is 2.19. The van der Waals surface area contributed by atoms with E-state index in [9.17, 15) is 19.2 Å². The number of carboxylic acids is 1. The molecule has 0 rings (SSSR count). The number of esters is 1. The molecule has 0 bridgehead atoms. The topological polar surface area (TPSA) is 142 Å². The summed E-state index contributed by atoms with van der Waals surface area (Å²) in [5.74, 6) is -2.29. The van der Waals surface area contributed by atoms with E-state index in [1.165, 1.54) is 116 Å². The molecule has 2 unspecified atom stereocenters. The molecule has 2 atom stereocenters. The average molecular weight is 763 g/mol. The van der Waals surface area contributed by atoms with Crippen LogP contribution in [0.25, 0.3) is 0 Å². The van der Waals surface area contributed by atoms with Crippen molar-refractivity contribution in [2.45, 2.75) is 225 Å². The molecule has 0 aliphatic heterocycles. The van der Waals surface area contributed by atoms with Crippen molar-refractivity contribution in [1.82, 2.24) is 10.6 Å². The lowest BCUT2D eigenvalue weighted by atomic mass is 10.0. The first kappa shape index (κ1) is 51.3. The molecule has 0 saturated carbocycles. The normalized spacial score (nSPS) is 12.6. The lowest BCUT2D eigenvalue weighted by Crippen LogP contribution is -2.47. The van der Waals surface area contributed by atoms with Crippen LogP contribution in [0, 0.1) is 0 Å². The molecule has 4 N–H and O–H groups in total. The van der Waals surface area contributed by atoms with Crippen LogP contribution in [0.1, 0.15) is 213 Å². The summed E-state index contributed by atoms with van der Waals surface area (Å²) in [5, 5.41) is 22.5. The Kier molecular flexibility index (Phi) is 38.0. The molecule has 54 heavy (non-hydrogen) atoms. The lowest BCUT2D eigenvalue weighted by Gasteiger charge is -2.18. The summed E-state index contributed by atoms with van der Waals surface area (Å²) in [6.07, 6.45) is 43.5. The SMILES string of the molecule is CCCCC/C=C\C/C=C\CCCCCCCCCC(=O)OC(CCCCCCCCCCC)CCCCCCCC(=O)NCC(=O)NC(CO)C(=O)O. The van der Waals surface area contributed by atoms with Crippen LogP contribution in [0.15, 0.2) is 24.3 Å². The van der Waals surface area contributed by atoms with Gasteiger partial charge in [-0.15, -0.1) is 0 Å². The largest absolute Gasteiger partial charge is 0.480 e. The Hall–Kier alpha value is -2.68. The highest BCUT2D eigenvalue weighted by Crippen LogP contribution is 2.19. The monoisotopic (exact) mass is 763 g/mol. The lowest BCUT2D eigenvalue weighted by molar-refractivity contribution is -0.150. The molecule has 0 aromatic heterocycles. The minimum atomic E-state index is -1.38. The smallest absolute Gasteiger partial charge is 0.328 e. The van der Waals surface area contributed by atoms with Crippen molar-refractivity contribution in [1.29, 1.82) is 0 Å². The quantitative estimate of drug-likeness (QED) is 0.0276. The van der Waals surface area contributed by atoms with Gasteiger partial charge in [0.25, 0.3) is 0 Å². The Bertz CT molecular complexity index is 968. The molecule has 0 fully saturated rings. The molecule has 0 saturated heterocycles. The fourth-order valence-electron chi connectivity index (χ4n) is 6.51. The van der Waals surface area contributed by atoms with Crippen LogP contribution >= 0.6 is 0 Å². The Labute approximate surface area is 330 Å². The van der Waals surface area contributed by atoms with Gasteiger partial charge < -0.3 is 25.6 Å². The molecule has 0 spiro atoms. The van der Waals surface area contributed by atoms with E-state index in [2.05, 4.69) is 48.8 Å². The summed E-state index contributed by atoms with van der Waals surface area (Å²) in [7, 11) is 0. The number of aliphatic hydroxyl groups excluding tert-OH is 1. The molecular formula is C45H82N2O7. The number of rotatable bonds is 40. The first-order chi connectivity index (χ1) is 26.3. The molecule has 0 heterocycles. The summed E-state index contributed by atoms with van der Waals surface area (Å²) in [5.41, 5.74) is 0. The van der Waals surface area contributed by atoms with Crippen molar-refractivity contribution in [2.24, 2.45) is 0 Å². The Morgan fingerprint density at radius 3 is 1.52 bits per heavy atom. The number of nitrogens with one attached hydrogen (secondary N) is 2. The van der Waals surface area contributed by atoms with Gasteiger partial charge in [-0.2, -0.15) is 0 Å². The second-order valence-electron chi connectivity index (χ2n) is 15.1. The van der Waals surface area contributed by atoms with Gasteiger partial charge in [-0.1, -0.05) is 154 Å². The highest BCUT2D eigenvalue weighted by molar-refractivity contribution is 5.87. The Morgan fingerprint density at radius 1 is 0.556 bits per heavy atom. The average Bonchev–Trinajstić information content (AvgIpc) is 3.15. The second kappa shape index (κ2) is 40.0. The Balaban J connectivity index is 4.22. The van der Waals surface area contributed by atoms with Gasteiger partial charge in [-0.3, -0.25) is 14.4 Å². The summed E-state index contributed by atoms with van der Waals surface area (Å²) in [6, 6.07) is -1.38. The maximum Gasteiger partial charge on any atom is 0.328 e. The maximum atomic E-state index is 12.8. The van der Waals surface area contributed by atoms with Crippen LogP contribution in [-0.2, 0) is 23.9 Å². The molecule has 2 amide bonds. The molecule has 9 heteroatoms. The minimum absolute atomic E-state index is 0.0126. The molecule has 0 aromatic rings. The number of carboxylic acid groups (broad SMARTS) is 1. The zero-order valence-electron chi connectivity index (χ0n) is 34.7. The third-order valence-electron chi connectivity index (χ3n) is 9.95. The van der Waals surface area contributed by atoms with Gasteiger partial charge in [-0.25, -0.2) is 4.79 Å². The van der Waals surface area contributed by atoms with Gasteiger partial charge in [0.15, 0.2) is 0 Å². The van der Waals surface area contributed by atoms with Crippen molar-refractivity contribution in [3.63, 3.8) is 0 Å². The third-order valence-corrected chi connectivity index (χ3v) is 9.95. The molecule has 0 aromatic carbocycles. The summed E-state index contributed by atoms with van der Waals surface area (Å²) < 4.78 is 6.02. The van der Waals surface area contributed by atoms with Crippen LogP contribution in [0.4, 0.5) is 0 Å². The third kappa shape index (κ3) is 36.3. The van der Waals surface area contributed by atoms with Gasteiger partial charge in [-0.05, 0) is 70.6 Å². The minimum Gasteiger partial charge on any atom is -0.480 e. The van der Waals surface area contributed by atoms with Gasteiger partial charge in [0.2, 0.25) is 11.8 Å². The van der Waals surface area contributed by atoms with Gasteiger partial charge in [0.05, 0.1) is 13.2 Å². The fourth-order valence-corrected chi connectivity index (χ4v) is 6.51. The molecule has 0 aliphatic rings. The van der Waals surface area contributed by atoms with Crippen LogP contribution in [0.5, 0.6) is 0 Å². The van der Waals surface area contributed by atoms with Crippen molar-refractivity contribution < 1.29 is 34.1 Å². The molecule has 0 radical (unpaired) electrons. The van der Waals surface area contributed by atoms with E-state index in [1.807, 2.05) is 0 Å². The van der Waals surface area contributed by atoms with E-state index in [0.29, 0.717) is 19.3 Å². The zero-order valence-corrected chi connectivity index (χ0v) is 34.7. The molecular weight excluding hydrogens is 681 g/mol. The van der Waals surface area contributed by atoms with Gasteiger partial charge >= 0.3 is 11.9 Å². The van der Waals surface area contributed by atoms with Gasteiger partial charge in [0.1, 0.15) is 12.1 Å². The van der Waals surface area contributed by atoms with E-state index in [-0.39, 0.29) is 24.5 Å². The summed E-state index contributed by atoms with van der Waals surface area (Å²) in [4.78, 5) is 47.5. The number of unbranched alkanes of at least 4 members (excludes halogenated alkanes) is 22. The predicted octanol–water partition coefficient (Wildman–Crippen LogP) is 10.8. The van der Waals surface area contributed by atoms with Crippen molar-refractivity contribution in [3.8, 4) is 0 Å². The number of amides is 2. The van der Waals surface area contributed by atoms with Crippen molar-refractivity contribution in [3.05, 3.63) is 24.3 Å². The number of hydrogen-bond acceptors (Lipinski definition) is 6. The number of hydrogen-bond donors (Lipinski definition) is 4. The molecule has 314 valence electrons. The van der Waals surface area contributed by atoms with Crippen LogP contribution in [0.2, 0.25) is 0 Å². The molecule has 0 aliphatic carbocycles. The van der Waals surface area contributed by atoms with E-state index >= 15 is 0 Å². The van der Waals surface area contributed by atoms with Crippen molar-refractivity contribution >= 4 is 23.8 Å². The van der Waals surface area contributed by atoms with E-state index in [1.54, 1.807) is 0 Å². The number of aliphatic hydroxyl groups is 1. The van der Waals surface area contributed by atoms with Crippen LogP contribution in [-0.4, -0.2) is 59.3 Å². The summed E-state index contributed by atoms with van der Waals surface area (Å²) in [6.45, 7) is 3.46. The van der Waals surface area contributed by atoms with E-state index in [0.717, 1.165) is 64.2 Å². The zero-order chi connectivity index (χ0) is 39.7. The number of ether oxygens (including phenoxy) is 1. The Morgan fingerprint density at radius 2 is 1.00 bits per heavy atom. The van der Waals surface area contributed by atoms with Crippen LogP contribution in [0.3, 0.4) is 0 Å². The first-order valence-electron chi connectivity index (χ1n) is 22.2. The number of aliphatic carboxylic acids is 1. The maximum absolute atomic E-state index is 12.8. The number of carbonyl (C=O) groups excluding carboxylic acids is 3. The summed E-state index contributed by atoms with van der Waals surface area (Å²) >= 11 is 0. The fraction of sp³-hybridized carbons (Fsp3) is 0.822. The highest BCUT2D eigenvalue weighted by atomic mass is 16.5. The second-order valence-corrected chi connectivity index (χ2v) is 15.1. The van der Waals surface area contributed by atoms with Crippen LogP contribution < -0.4 is 10.6 Å². The number of carbonyl (C=O) groups is 4. The predicted molar refractivity (Wildman–Crippen MR) is 222 cm³/mol. The first-order valence-corrected chi connectivity index (χ1v) is 22.2. The van der Waals surface area contributed by atoms with E-state index < -0.39 is 24.5 Å². The van der Waals surface area contributed by atoms with E-state index in [4.69, 9.17) is 14.9 Å². The standard InChI is InChI=1S/C45H82N2O7/c1-3-5-7-9-11-13-14-15-16-17-18-19-20-22-24-29-33-37-44(51)54-40(34-30-26-23-21-12-10-8-6-4-2)35-31-27-25-28-32-36-42(49)46-38-43(50)47-41(39-48)45(52)53/h11,13,15-16,40-41,48H,3-10,12,14,17-39H2,1-2H3,(H,46,49)(H,47,50)(H,52,53)/b13-11-,16-15-. The number of allylic oxidation sites excluding steroid dienone is 4. The van der Waals surface area contributed by atoms with Gasteiger partial charge in [0, 0.05) is 12.8 Å².